The molecule has 0 heterocycles. The lowest BCUT2D eigenvalue weighted by Crippen LogP contribution is -2.41. The number of anilines is 1. The SMILES string of the molecule is Cc1cccc(NC(=O)CN(C)C(=O)CNC(=O)c2ccc(Cl)cc2Cl)c1C. The Bertz CT molecular complexity index is 916. The van der Waals surface area contributed by atoms with Gasteiger partial charge < -0.3 is 15.5 Å². The summed E-state index contributed by atoms with van der Waals surface area (Å²) < 4.78 is 0. The zero-order valence-electron chi connectivity index (χ0n) is 15.8. The molecule has 2 aromatic rings. The van der Waals surface area contributed by atoms with Gasteiger partial charge in [0.25, 0.3) is 5.91 Å². The third-order valence-corrected chi connectivity index (χ3v) is 4.81. The van der Waals surface area contributed by atoms with Crippen molar-refractivity contribution in [3.8, 4) is 0 Å². The van der Waals surface area contributed by atoms with Crippen LogP contribution in [0.4, 0.5) is 5.69 Å². The largest absolute Gasteiger partial charge is 0.343 e. The molecule has 0 spiro atoms. The second-order valence-electron chi connectivity index (χ2n) is 6.35. The van der Waals surface area contributed by atoms with E-state index < -0.39 is 11.8 Å². The van der Waals surface area contributed by atoms with Gasteiger partial charge in [0.15, 0.2) is 0 Å². The average Bonchev–Trinajstić information content (AvgIpc) is 2.63. The lowest BCUT2D eigenvalue weighted by atomic mass is 10.1. The van der Waals surface area contributed by atoms with Crippen molar-refractivity contribution in [1.82, 2.24) is 10.2 Å². The Hall–Kier alpha value is -2.57. The van der Waals surface area contributed by atoms with E-state index in [0.717, 1.165) is 11.1 Å². The molecular weight excluding hydrogens is 401 g/mol. The van der Waals surface area contributed by atoms with Crippen LogP contribution in [0.15, 0.2) is 36.4 Å². The summed E-state index contributed by atoms with van der Waals surface area (Å²) in [6.07, 6.45) is 0. The van der Waals surface area contributed by atoms with Crippen molar-refractivity contribution >= 4 is 46.6 Å². The van der Waals surface area contributed by atoms with Gasteiger partial charge in [-0.25, -0.2) is 0 Å². The van der Waals surface area contributed by atoms with Gasteiger partial charge in [-0.05, 0) is 49.2 Å². The van der Waals surface area contributed by atoms with Crippen LogP contribution in [0.2, 0.25) is 10.0 Å². The molecule has 0 atom stereocenters. The predicted octanol–water partition coefficient (Wildman–Crippen LogP) is 3.44. The molecular formula is C20H21Cl2N3O3. The first-order valence-corrected chi connectivity index (χ1v) is 9.28. The smallest absolute Gasteiger partial charge is 0.253 e. The van der Waals surface area contributed by atoms with Crippen molar-refractivity contribution in [2.75, 3.05) is 25.5 Å². The molecule has 2 rings (SSSR count). The summed E-state index contributed by atoms with van der Waals surface area (Å²) in [5.41, 5.74) is 2.95. The number of amides is 3. The highest BCUT2D eigenvalue weighted by Gasteiger charge is 2.16. The number of rotatable bonds is 6. The van der Waals surface area contributed by atoms with Gasteiger partial charge in [-0.3, -0.25) is 14.4 Å². The van der Waals surface area contributed by atoms with E-state index in [9.17, 15) is 14.4 Å². The molecule has 0 bridgehead atoms. The van der Waals surface area contributed by atoms with Crippen LogP contribution in [-0.4, -0.2) is 42.8 Å². The van der Waals surface area contributed by atoms with Gasteiger partial charge in [0.1, 0.15) is 0 Å². The monoisotopic (exact) mass is 421 g/mol. The minimum Gasteiger partial charge on any atom is -0.343 e. The summed E-state index contributed by atoms with van der Waals surface area (Å²) in [6.45, 7) is 3.47. The summed E-state index contributed by atoms with van der Waals surface area (Å²) in [5.74, 6) is -1.23. The number of likely N-dealkylation sites (N-methyl/N-ethyl adjacent to an activating group) is 1. The maximum absolute atomic E-state index is 12.2. The van der Waals surface area contributed by atoms with Crippen LogP contribution in [0.25, 0.3) is 0 Å². The van der Waals surface area contributed by atoms with Crippen molar-refractivity contribution in [3.63, 3.8) is 0 Å². The highest BCUT2D eigenvalue weighted by atomic mass is 35.5. The Balaban J connectivity index is 1.87. The first-order chi connectivity index (χ1) is 13.2. The molecule has 0 fully saturated rings. The number of hydrogen-bond acceptors (Lipinski definition) is 3. The second-order valence-corrected chi connectivity index (χ2v) is 7.20. The molecule has 2 aromatic carbocycles. The maximum Gasteiger partial charge on any atom is 0.253 e. The van der Waals surface area contributed by atoms with Gasteiger partial charge >= 0.3 is 0 Å². The number of nitrogens with zero attached hydrogens (tertiary/aromatic N) is 1. The number of carbonyl (C=O) groups is 3. The topological polar surface area (TPSA) is 78.5 Å². The Morgan fingerprint density at radius 2 is 1.79 bits per heavy atom. The minimum atomic E-state index is -0.497. The Kier molecular flexibility index (Phi) is 7.43. The van der Waals surface area contributed by atoms with Crippen LogP contribution < -0.4 is 10.6 Å². The van der Waals surface area contributed by atoms with E-state index in [1.54, 1.807) is 6.07 Å². The first-order valence-electron chi connectivity index (χ1n) is 8.52. The molecule has 8 heteroatoms. The number of carbonyl (C=O) groups excluding carboxylic acids is 3. The maximum atomic E-state index is 12.2. The van der Waals surface area contributed by atoms with Gasteiger partial charge in [-0.15, -0.1) is 0 Å². The van der Waals surface area contributed by atoms with Gasteiger partial charge in [0.2, 0.25) is 11.8 Å². The van der Waals surface area contributed by atoms with Crippen LogP contribution in [0.3, 0.4) is 0 Å². The van der Waals surface area contributed by atoms with Crippen LogP contribution >= 0.6 is 23.2 Å². The molecule has 0 aromatic heterocycles. The lowest BCUT2D eigenvalue weighted by molar-refractivity contribution is -0.132. The molecule has 3 amide bonds. The molecule has 0 saturated carbocycles. The molecule has 0 radical (unpaired) electrons. The van der Waals surface area contributed by atoms with Crippen molar-refractivity contribution in [1.29, 1.82) is 0 Å². The van der Waals surface area contributed by atoms with E-state index in [-0.39, 0.29) is 29.6 Å². The summed E-state index contributed by atoms with van der Waals surface area (Å²) >= 11 is 11.8. The van der Waals surface area contributed by atoms with Gasteiger partial charge in [0, 0.05) is 17.8 Å². The molecule has 28 heavy (non-hydrogen) atoms. The molecule has 0 unspecified atom stereocenters. The number of aryl methyl sites for hydroxylation is 1. The highest BCUT2D eigenvalue weighted by Crippen LogP contribution is 2.21. The summed E-state index contributed by atoms with van der Waals surface area (Å²) in [4.78, 5) is 37.8. The van der Waals surface area contributed by atoms with Gasteiger partial charge in [0.05, 0.1) is 23.7 Å². The fraction of sp³-hybridized carbons (Fsp3) is 0.250. The number of benzene rings is 2. The predicted molar refractivity (Wildman–Crippen MR) is 111 cm³/mol. The van der Waals surface area contributed by atoms with E-state index in [1.807, 2.05) is 26.0 Å². The molecule has 0 saturated heterocycles. The van der Waals surface area contributed by atoms with Gasteiger partial charge in [-0.2, -0.15) is 0 Å². The third kappa shape index (κ3) is 5.71. The van der Waals surface area contributed by atoms with E-state index in [1.165, 1.54) is 30.1 Å². The fourth-order valence-electron chi connectivity index (χ4n) is 2.44. The van der Waals surface area contributed by atoms with Crippen molar-refractivity contribution in [2.24, 2.45) is 0 Å². The average molecular weight is 422 g/mol. The summed E-state index contributed by atoms with van der Waals surface area (Å²) in [5, 5.41) is 5.88. The number of nitrogens with one attached hydrogen (secondary N) is 2. The summed E-state index contributed by atoms with van der Waals surface area (Å²) in [7, 11) is 1.49. The van der Waals surface area contributed by atoms with Crippen LogP contribution in [0, 0.1) is 13.8 Å². The number of hydrogen-bond donors (Lipinski definition) is 2. The molecule has 0 aliphatic heterocycles. The second kappa shape index (κ2) is 9.57. The Labute approximate surface area is 173 Å². The van der Waals surface area contributed by atoms with E-state index in [4.69, 9.17) is 23.2 Å². The lowest BCUT2D eigenvalue weighted by Gasteiger charge is -2.18. The fourth-order valence-corrected chi connectivity index (χ4v) is 2.93. The molecule has 6 nitrogen and oxygen atoms in total. The Morgan fingerprint density at radius 1 is 1.07 bits per heavy atom. The third-order valence-electron chi connectivity index (χ3n) is 4.26. The zero-order chi connectivity index (χ0) is 20.8. The molecule has 148 valence electrons. The van der Waals surface area contributed by atoms with Crippen molar-refractivity contribution in [3.05, 3.63) is 63.1 Å². The van der Waals surface area contributed by atoms with E-state index in [0.29, 0.717) is 10.7 Å². The number of halogens is 2. The molecule has 0 aliphatic carbocycles. The highest BCUT2D eigenvalue weighted by molar-refractivity contribution is 6.36. The first kappa shape index (κ1) is 21.7. The normalized spacial score (nSPS) is 10.3. The zero-order valence-corrected chi connectivity index (χ0v) is 17.3. The van der Waals surface area contributed by atoms with E-state index >= 15 is 0 Å². The minimum absolute atomic E-state index is 0.135. The Morgan fingerprint density at radius 3 is 2.46 bits per heavy atom. The van der Waals surface area contributed by atoms with Crippen LogP contribution in [0.5, 0.6) is 0 Å². The molecule has 2 N–H and O–H groups in total. The van der Waals surface area contributed by atoms with Crippen molar-refractivity contribution in [2.45, 2.75) is 13.8 Å². The molecule has 0 aliphatic rings. The van der Waals surface area contributed by atoms with Crippen molar-refractivity contribution < 1.29 is 14.4 Å². The van der Waals surface area contributed by atoms with Gasteiger partial charge in [-0.1, -0.05) is 35.3 Å². The summed E-state index contributed by atoms with van der Waals surface area (Å²) in [6, 6.07) is 10.1. The quantitative estimate of drug-likeness (QED) is 0.749. The van der Waals surface area contributed by atoms with E-state index in [2.05, 4.69) is 10.6 Å². The standard InChI is InChI=1S/C20H21Cl2N3O3/c1-12-5-4-6-17(13(12)2)24-18(26)11-25(3)19(27)10-23-20(28)15-8-7-14(21)9-16(15)22/h4-9H,10-11H2,1-3H3,(H,23,28)(H,24,26). The van der Waals surface area contributed by atoms with Crippen LogP contribution in [0.1, 0.15) is 21.5 Å². The van der Waals surface area contributed by atoms with Crippen LogP contribution in [-0.2, 0) is 9.59 Å².